The van der Waals surface area contributed by atoms with E-state index in [1.54, 1.807) is 37.6 Å². The average molecular weight is 473 g/mol. The van der Waals surface area contributed by atoms with Crippen LogP contribution in [0.4, 0.5) is 5.13 Å². The van der Waals surface area contributed by atoms with Crippen LogP contribution in [0.25, 0.3) is 11.6 Å². The fourth-order valence-electron chi connectivity index (χ4n) is 2.50. The number of methoxy groups -OCH3 is 1. The van der Waals surface area contributed by atoms with Gasteiger partial charge >= 0.3 is 5.97 Å². The molecule has 0 saturated heterocycles. The van der Waals surface area contributed by atoms with Gasteiger partial charge in [0.05, 0.1) is 22.7 Å². The normalized spacial score (nSPS) is 11.0. The minimum absolute atomic E-state index is 0.319. The molecule has 0 radical (unpaired) electrons. The SMILES string of the molecule is COc1ccccc1C=C(C(=O)OCC(=O)Nc1ncc(Br)s1)c1ccccc1. The van der Waals surface area contributed by atoms with Gasteiger partial charge in [0, 0.05) is 5.56 Å². The Morgan fingerprint density at radius 2 is 1.86 bits per heavy atom. The number of carbonyl (C=O) groups is 2. The number of nitrogens with zero attached hydrogens (tertiary/aromatic N) is 1. The number of rotatable bonds is 7. The van der Waals surface area contributed by atoms with E-state index in [1.165, 1.54) is 11.3 Å². The van der Waals surface area contributed by atoms with Crippen molar-refractivity contribution < 1.29 is 19.1 Å². The van der Waals surface area contributed by atoms with Crippen molar-refractivity contribution >= 4 is 55.9 Å². The molecule has 1 amide bonds. The van der Waals surface area contributed by atoms with Crippen LogP contribution in [0.2, 0.25) is 0 Å². The van der Waals surface area contributed by atoms with Crippen LogP contribution < -0.4 is 10.1 Å². The molecule has 0 saturated carbocycles. The molecule has 0 aliphatic carbocycles. The van der Waals surface area contributed by atoms with Crippen molar-refractivity contribution in [1.82, 2.24) is 4.98 Å². The number of nitrogens with one attached hydrogen (secondary N) is 1. The minimum Gasteiger partial charge on any atom is -0.496 e. The highest BCUT2D eigenvalue weighted by Crippen LogP contribution is 2.26. The van der Waals surface area contributed by atoms with E-state index in [2.05, 4.69) is 26.2 Å². The smallest absolute Gasteiger partial charge is 0.339 e. The molecule has 2 aromatic carbocycles. The number of hydrogen-bond acceptors (Lipinski definition) is 6. The van der Waals surface area contributed by atoms with Crippen LogP contribution in [0.5, 0.6) is 5.75 Å². The molecular formula is C21H17BrN2O4S. The molecular weight excluding hydrogens is 456 g/mol. The van der Waals surface area contributed by atoms with Crippen LogP contribution in [0.3, 0.4) is 0 Å². The predicted molar refractivity (Wildman–Crippen MR) is 117 cm³/mol. The second-order valence-electron chi connectivity index (χ2n) is 5.76. The number of amides is 1. The second-order valence-corrected chi connectivity index (χ2v) is 8.17. The van der Waals surface area contributed by atoms with Gasteiger partial charge in [0.1, 0.15) is 5.75 Å². The molecule has 6 nitrogen and oxygen atoms in total. The van der Waals surface area contributed by atoms with Gasteiger partial charge in [-0.15, -0.1) is 0 Å². The maximum Gasteiger partial charge on any atom is 0.339 e. The fourth-order valence-corrected chi connectivity index (χ4v) is 3.62. The molecule has 1 aromatic heterocycles. The van der Waals surface area contributed by atoms with Gasteiger partial charge in [-0.2, -0.15) is 0 Å². The standard InChI is InChI=1S/C21H17BrN2O4S/c1-27-17-10-6-5-9-15(17)11-16(14-7-3-2-4-8-14)20(26)28-13-19(25)24-21-23-12-18(22)29-21/h2-12H,13H2,1H3,(H,23,24,25). The van der Waals surface area contributed by atoms with Crippen molar-refractivity contribution in [2.45, 2.75) is 0 Å². The van der Waals surface area contributed by atoms with E-state index in [1.807, 2.05) is 36.4 Å². The van der Waals surface area contributed by atoms with Gasteiger partial charge in [-0.3, -0.25) is 10.1 Å². The van der Waals surface area contributed by atoms with Crippen LogP contribution in [0, 0.1) is 0 Å². The number of anilines is 1. The third-order valence-electron chi connectivity index (χ3n) is 3.80. The maximum atomic E-state index is 12.8. The van der Waals surface area contributed by atoms with Crippen molar-refractivity contribution in [1.29, 1.82) is 0 Å². The lowest BCUT2D eigenvalue weighted by atomic mass is 10.0. The molecule has 1 N–H and O–H groups in total. The maximum absolute atomic E-state index is 12.8. The predicted octanol–water partition coefficient (Wildman–Crippen LogP) is 4.64. The zero-order chi connectivity index (χ0) is 20.6. The lowest BCUT2D eigenvalue weighted by molar-refractivity contribution is -0.141. The molecule has 0 atom stereocenters. The Morgan fingerprint density at radius 1 is 1.14 bits per heavy atom. The molecule has 3 aromatic rings. The number of aromatic nitrogens is 1. The number of esters is 1. The first-order valence-electron chi connectivity index (χ1n) is 8.55. The average Bonchev–Trinajstić information content (AvgIpc) is 3.15. The molecule has 3 rings (SSSR count). The highest BCUT2D eigenvalue weighted by Gasteiger charge is 2.17. The first kappa shape index (κ1) is 20.8. The Balaban J connectivity index is 1.78. The van der Waals surface area contributed by atoms with Crippen LogP contribution >= 0.6 is 27.3 Å². The molecule has 0 bridgehead atoms. The Kier molecular flexibility index (Phi) is 7.15. The number of carbonyl (C=O) groups excluding carboxylic acids is 2. The van der Waals surface area contributed by atoms with Crippen molar-refractivity contribution in [3.05, 3.63) is 75.7 Å². The summed E-state index contributed by atoms with van der Waals surface area (Å²) >= 11 is 4.54. The lowest BCUT2D eigenvalue weighted by Gasteiger charge is -2.10. The van der Waals surface area contributed by atoms with Crippen LogP contribution in [0.15, 0.2) is 64.6 Å². The number of para-hydroxylation sites is 1. The van der Waals surface area contributed by atoms with E-state index in [0.717, 1.165) is 9.35 Å². The summed E-state index contributed by atoms with van der Waals surface area (Å²) < 4.78 is 11.4. The van der Waals surface area contributed by atoms with Crippen molar-refractivity contribution in [3.63, 3.8) is 0 Å². The molecule has 0 fully saturated rings. The summed E-state index contributed by atoms with van der Waals surface area (Å²) in [6.07, 6.45) is 3.27. The monoisotopic (exact) mass is 472 g/mol. The quantitative estimate of drug-likeness (QED) is 0.308. The van der Waals surface area contributed by atoms with Gasteiger partial charge in [-0.25, -0.2) is 9.78 Å². The first-order chi connectivity index (χ1) is 14.1. The topological polar surface area (TPSA) is 77.5 Å². The number of hydrogen-bond donors (Lipinski definition) is 1. The molecule has 8 heteroatoms. The van der Waals surface area contributed by atoms with Crippen molar-refractivity contribution in [3.8, 4) is 5.75 Å². The van der Waals surface area contributed by atoms with Gasteiger partial charge in [-0.1, -0.05) is 59.9 Å². The summed E-state index contributed by atoms with van der Waals surface area (Å²) in [5.41, 5.74) is 1.72. The van der Waals surface area contributed by atoms with Gasteiger partial charge in [-0.05, 0) is 33.6 Å². The summed E-state index contributed by atoms with van der Waals surface area (Å²) in [5.74, 6) is -0.455. The molecule has 0 aliphatic heterocycles. The molecule has 0 unspecified atom stereocenters. The second kappa shape index (κ2) is 9.99. The highest BCUT2D eigenvalue weighted by molar-refractivity contribution is 9.11. The minimum atomic E-state index is -0.613. The third kappa shape index (κ3) is 5.75. The summed E-state index contributed by atoms with van der Waals surface area (Å²) in [5, 5.41) is 3.01. The Hall–Kier alpha value is -2.97. The summed E-state index contributed by atoms with van der Waals surface area (Å²) in [7, 11) is 1.56. The molecule has 0 aliphatic rings. The van der Waals surface area contributed by atoms with E-state index in [4.69, 9.17) is 9.47 Å². The van der Waals surface area contributed by atoms with E-state index >= 15 is 0 Å². The van der Waals surface area contributed by atoms with E-state index in [9.17, 15) is 9.59 Å². The Bertz CT molecular complexity index is 1030. The molecule has 1 heterocycles. The number of halogens is 1. The summed E-state index contributed by atoms with van der Waals surface area (Å²) in [4.78, 5) is 28.9. The molecule has 29 heavy (non-hydrogen) atoms. The number of thiazole rings is 1. The van der Waals surface area contributed by atoms with Gasteiger partial charge in [0.15, 0.2) is 11.7 Å². The first-order valence-corrected chi connectivity index (χ1v) is 10.2. The summed E-state index contributed by atoms with van der Waals surface area (Å²) in [6, 6.07) is 16.4. The van der Waals surface area contributed by atoms with Gasteiger partial charge in [0.2, 0.25) is 0 Å². The van der Waals surface area contributed by atoms with Gasteiger partial charge < -0.3 is 9.47 Å². The van der Waals surface area contributed by atoms with Crippen molar-refractivity contribution in [2.75, 3.05) is 19.0 Å². The van der Waals surface area contributed by atoms with E-state index < -0.39 is 18.5 Å². The molecule has 0 spiro atoms. The summed E-state index contributed by atoms with van der Waals surface area (Å²) in [6.45, 7) is -0.424. The largest absolute Gasteiger partial charge is 0.496 e. The zero-order valence-electron chi connectivity index (χ0n) is 15.4. The highest BCUT2D eigenvalue weighted by atomic mass is 79.9. The van der Waals surface area contributed by atoms with Crippen molar-refractivity contribution in [2.24, 2.45) is 0 Å². The van der Waals surface area contributed by atoms with Crippen LogP contribution in [-0.4, -0.2) is 30.6 Å². The van der Waals surface area contributed by atoms with Gasteiger partial charge in [0.25, 0.3) is 5.91 Å². The molecule has 148 valence electrons. The fraction of sp³-hybridized carbons (Fsp3) is 0.0952. The zero-order valence-corrected chi connectivity index (χ0v) is 17.8. The lowest BCUT2D eigenvalue weighted by Crippen LogP contribution is -2.21. The third-order valence-corrected chi connectivity index (χ3v) is 5.19. The number of benzene rings is 2. The van der Waals surface area contributed by atoms with E-state index in [0.29, 0.717) is 22.0 Å². The van der Waals surface area contributed by atoms with Crippen LogP contribution in [-0.2, 0) is 14.3 Å². The Labute approximate surface area is 180 Å². The Morgan fingerprint density at radius 3 is 2.55 bits per heavy atom. The van der Waals surface area contributed by atoms with E-state index in [-0.39, 0.29) is 0 Å². The van der Waals surface area contributed by atoms with Crippen LogP contribution in [0.1, 0.15) is 11.1 Å². The number of ether oxygens (including phenoxy) is 2.